The lowest BCUT2D eigenvalue weighted by atomic mass is 10.0. The molecular weight excluding hydrogens is 292 g/mol. The lowest BCUT2D eigenvalue weighted by Crippen LogP contribution is -2.08. The Balaban J connectivity index is 2.36. The first kappa shape index (κ1) is 16.5. The molecule has 0 aliphatic heterocycles. The second kappa shape index (κ2) is 6.48. The topological polar surface area (TPSA) is 52.6 Å². The highest BCUT2D eigenvalue weighted by molar-refractivity contribution is 5.93. The number of carbonyl (C=O) groups excluding carboxylic acids is 2. The fourth-order valence-electron chi connectivity index (χ4n) is 2.00. The second-order valence-electron chi connectivity index (χ2n) is 5.46. The van der Waals surface area contributed by atoms with Gasteiger partial charge in [-0.3, -0.25) is 0 Å². The van der Waals surface area contributed by atoms with Crippen molar-refractivity contribution in [1.82, 2.24) is 0 Å². The molecule has 0 heterocycles. The molecule has 0 radical (unpaired) electrons. The van der Waals surface area contributed by atoms with E-state index in [0.29, 0.717) is 22.6 Å². The summed E-state index contributed by atoms with van der Waals surface area (Å²) in [5.74, 6) is -0.0280. The first-order valence-electron chi connectivity index (χ1n) is 7.07. The number of ether oxygens (including phenoxy) is 2. The van der Waals surface area contributed by atoms with Crippen molar-refractivity contribution in [2.75, 3.05) is 0 Å². The van der Waals surface area contributed by atoms with Crippen LogP contribution in [0, 0.1) is 6.92 Å². The van der Waals surface area contributed by atoms with E-state index < -0.39 is 11.9 Å². The van der Waals surface area contributed by atoms with Gasteiger partial charge in [-0.1, -0.05) is 19.2 Å². The highest BCUT2D eigenvalue weighted by Crippen LogP contribution is 2.29. The molecular formula is C19H18O4. The molecule has 2 aromatic carbocycles. The molecule has 0 saturated heterocycles. The molecule has 0 aromatic heterocycles. The zero-order valence-electron chi connectivity index (χ0n) is 13.4. The van der Waals surface area contributed by atoms with E-state index >= 15 is 0 Å². The standard InChI is InChI=1S/C19H18O4/c1-11(2)18(20)22-15-7-6-14-9-16(23-19(21)12(3)4)8-13(5)17(14)10-15/h6-10H,1,3H2,2,4-5H3. The minimum Gasteiger partial charge on any atom is -0.423 e. The highest BCUT2D eigenvalue weighted by Gasteiger charge is 2.10. The maximum atomic E-state index is 11.6. The number of hydrogen-bond acceptors (Lipinski definition) is 4. The first-order chi connectivity index (χ1) is 10.8. The third kappa shape index (κ3) is 3.86. The van der Waals surface area contributed by atoms with E-state index in [9.17, 15) is 9.59 Å². The molecule has 0 fully saturated rings. The van der Waals surface area contributed by atoms with Crippen molar-refractivity contribution in [2.45, 2.75) is 20.8 Å². The van der Waals surface area contributed by atoms with Gasteiger partial charge in [-0.15, -0.1) is 0 Å². The van der Waals surface area contributed by atoms with E-state index in [1.807, 2.05) is 13.0 Å². The summed E-state index contributed by atoms with van der Waals surface area (Å²) in [7, 11) is 0. The molecule has 0 saturated carbocycles. The number of rotatable bonds is 4. The lowest BCUT2D eigenvalue weighted by Gasteiger charge is -2.10. The number of esters is 2. The van der Waals surface area contributed by atoms with Gasteiger partial charge < -0.3 is 9.47 Å². The van der Waals surface area contributed by atoms with E-state index in [-0.39, 0.29) is 0 Å². The Labute approximate surface area is 135 Å². The van der Waals surface area contributed by atoms with Gasteiger partial charge in [-0.25, -0.2) is 9.59 Å². The second-order valence-corrected chi connectivity index (χ2v) is 5.46. The van der Waals surface area contributed by atoms with Crippen molar-refractivity contribution in [2.24, 2.45) is 0 Å². The van der Waals surface area contributed by atoms with E-state index in [2.05, 4.69) is 13.2 Å². The molecule has 0 amide bonds. The molecule has 0 unspecified atom stereocenters. The van der Waals surface area contributed by atoms with Gasteiger partial charge in [0.1, 0.15) is 11.5 Å². The molecule has 4 heteroatoms. The quantitative estimate of drug-likeness (QED) is 0.484. The van der Waals surface area contributed by atoms with Crippen LogP contribution in [-0.2, 0) is 9.59 Å². The van der Waals surface area contributed by atoms with Crippen molar-refractivity contribution < 1.29 is 19.1 Å². The van der Waals surface area contributed by atoms with E-state index in [0.717, 1.165) is 16.3 Å². The molecule has 0 aliphatic carbocycles. The average molecular weight is 310 g/mol. The van der Waals surface area contributed by atoms with Crippen molar-refractivity contribution >= 4 is 22.7 Å². The number of aryl methyl sites for hydroxylation is 1. The lowest BCUT2D eigenvalue weighted by molar-refractivity contribution is -0.130. The molecule has 0 atom stereocenters. The van der Waals surface area contributed by atoms with Gasteiger partial charge in [0.2, 0.25) is 0 Å². The SMILES string of the molecule is C=C(C)C(=O)Oc1cc(C)c2cc(OC(=O)C(=C)C)ccc2c1. The Morgan fingerprint density at radius 2 is 1.43 bits per heavy atom. The fraction of sp³-hybridized carbons (Fsp3) is 0.158. The van der Waals surface area contributed by atoms with Crippen molar-refractivity contribution in [3.63, 3.8) is 0 Å². The van der Waals surface area contributed by atoms with Crippen molar-refractivity contribution in [3.8, 4) is 11.5 Å². The van der Waals surface area contributed by atoms with E-state index in [1.54, 1.807) is 38.1 Å². The maximum absolute atomic E-state index is 11.6. The third-order valence-electron chi connectivity index (χ3n) is 3.22. The van der Waals surface area contributed by atoms with Crippen LogP contribution < -0.4 is 9.47 Å². The van der Waals surface area contributed by atoms with Crippen LogP contribution in [0.5, 0.6) is 11.5 Å². The normalized spacial score (nSPS) is 10.2. The predicted molar refractivity (Wildman–Crippen MR) is 89.6 cm³/mol. The summed E-state index contributed by atoms with van der Waals surface area (Å²) in [4.78, 5) is 23.2. The van der Waals surface area contributed by atoms with Gasteiger partial charge in [0.15, 0.2) is 0 Å². The van der Waals surface area contributed by atoms with E-state index in [4.69, 9.17) is 9.47 Å². The molecule has 0 bridgehead atoms. The van der Waals surface area contributed by atoms with Crippen LogP contribution in [0.3, 0.4) is 0 Å². The third-order valence-corrected chi connectivity index (χ3v) is 3.22. The molecule has 118 valence electrons. The molecule has 4 nitrogen and oxygen atoms in total. The number of hydrogen-bond donors (Lipinski definition) is 0. The highest BCUT2D eigenvalue weighted by atomic mass is 16.5. The number of fused-ring (bicyclic) bond motifs is 1. The number of carbonyl (C=O) groups is 2. The molecule has 2 rings (SSSR count). The molecule has 0 aliphatic rings. The van der Waals surface area contributed by atoms with Crippen molar-refractivity contribution in [3.05, 3.63) is 60.2 Å². The monoisotopic (exact) mass is 310 g/mol. The zero-order valence-corrected chi connectivity index (χ0v) is 13.4. The Morgan fingerprint density at radius 1 is 0.870 bits per heavy atom. The Bertz CT molecular complexity index is 831. The van der Waals surface area contributed by atoms with Crippen molar-refractivity contribution in [1.29, 1.82) is 0 Å². The van der Waals surface area contributed by atoms with Gasteiger partial charge in [0, 0.05) is 11.1 Å². The van der Waals surface area contributed by atoms with Crippen LogP contribution in [0.4, 0.5) is 0 Å². The van der Waals surface area contributed by atoms with Crippen LogP contribution in [0.25, 0.3) is 10.8 Å². The smallest absolute Gasteiger partial charge is 0.338 e. The van der Waals surface area contributed by atoms with Crippen LogP contribution in [0.2, 0.25) is 0 Å². The number of benzene rings is 2. The van der Waals surface area contributed by atoms with Gasteiger partial charge in [-0.2, -0.15) is 0 Å². The predicted octanol–water partition coefficient (Wildman–Crippen LogP) is 4.11. The van der Waals surface area contributed by atoms with Crippen LogP contribution in [-0.4, -0.2) is 11.9 Å². The summed E-state index contributed by atoms with van der Waals surface area (Å²) in [6, 6.07) is 8.78. The van der Waals surface area contributed by atoms with Crippen LogP contribution in [0.15, 0.2) is 54.6 Å². The molecule has 23 heavy (non-hydrogen) atoms. The first-order valence-corrected chi connectivity index (χ1v) is 7.07. The van der Waals surface area contributed by atoms with Crippen LogP contribution >= 0.6 is 0 Å². The molecule has 0 N–H and O–H groups in total. The summed E-state index contributed by atoms with van der Waals surface area (Å²) in [5.41, 5.74) is 1.58. The Hall–Kier alpha value is -2.88. The Morgan fingerprint density at radius 3 is 2.00 bits per heavy atom. The Kier molecular flexibility index (Phi) is 4.65. The minimum atomic E-state index is -0.464. The van der Waals surface area contributed by atoms with Gasteiger partial charge in [-0.05, 0) is 61.4 Å². The fourth-order valence-corrected chi connectivity index (χ4v) is 2.00. The largest absolute Gasteiger partial charge is 0.423 e. The average Bonchev–Trinajstić information content (AvgIpc) is 2.47. The maximum Gasteiger partial charge on any atom is 0.338 e. The van der Waals surface area contributed by atoms with Gasteiger partial charge in [0.25, 0.3) is 0 Å². The summed E-state index contributed by atoms with van der Waals surface area (Å²) >= 11 is 0. The van der Waals surface area contributed by atoms with E-state index in [1.165, 1.54) is 0 Å². The van der Waals surface area contributed by atoms with Gasteiger partial charge >= 0.3 is 11.9 Å². The minimum absolute atomic E-state index is 0.337. The molecule has 0 spiro atoms. The molecule has 2 aromatic rings. The summed E-state index contributed by atoms with van der Waals surface area (Å²) in [5, 5.41) is 1.79. The zero-order chi connectivity index (χ0) is 17.1. The summed E-state index contributed by atoms with van der Waals surface area (Å²) in [6.07, 6.45) is 0. The summed E-state index contributed by atoms with van der Waals surface area (Å²) < 4.78 is 10.5. The van der Waals surface area contributed by atoms with Gasteiger partial charge in [0.05, 0.1) is 0 Å². The summed E-state index contributed by atoms with van der Waals surface area (Å²) in [6.45, 7) is 12.2. The van der Waals surface area contributed by atoms with Crippen LogP contribution in [0.1, 0.15) is 19.4 Å².